The average Bonchev–Trinajstić information content (AvgIpc) is 3.00. The van der Waals surface area contributed by atoms with Gasteiger partial charge in [0.25, 0.3) is 0 Å². The normalized spacial score (nSPS) is 12.8. The van der Waals surface area contributed by atoms with E-state index in [1.807, 2.05) is 0 Å². The molecule has 4 nitrogen and oxygen atoms in total. The second-order valence-corrected chi connectivity index (χ2v) is 8.74. The van der Waals surface area contributed by atoms with E-state index >= 15 is 0 Å². The molecular formula is C18H38N4S+2. The summed E-state index contributed by atoms with van der Waals surface area (Å²) in [6.07, 6.45) is 10.4. The lowest BCUT2D eigenvalue weighted by molar-refractivity contribution is 0.374. The summed E-state index contributed by atoms with van der Waals surface area (Å²) in [5, 5.41) is 11.3. The lowest BCUT2D eigenvalue weighted by Gasteiger charge is -2.26. The molecule has 0 fully saturated rings. The zero-order chi connectivity index (χ0) is 17.3. The molecule has 1 aromatic rings. The van der Waals surface area contributed by atoms with E-state index in [0.29, 0.717) is 0 Å². The third-order valence-electron chi connectivity index (χ3n) is 4.58. The van der Waals surface area contributed by atoms with Crippen molar-refractivity contribution >= 4 is 21.6 Å². The lowest BCUT2D eigenvalue weighted by Crippen LogP contribution is -2.41. The maximum atomic E-state index is 4.52. The van der Waals surface area contributed by atoms with Gasteiger partial charge in [-0.2, -0.15) is 0 Å². The summed E-state index contributed by atoms with van der Waals surface area (Å²) in [4.78, 5) is 0. The second kappa shape index (κ2) is 9.70. The molecule has 0 saturated carbocycles. The molecule has 0 N–H and O–H groups in total. The Bertz CT molecular complexity index is 401. The highest BCUT2D eigenvalue weighted by Gasteiger charge is 2.30. The molecule has 1 heterocycles. The van der Waals surface area contributed by atoms with Gasteiger partial charge >= 0.3 is 10.3 Å². The van der Waals surface area contributed by atoms with E-state index < -0.39 is 0 Å². The van der Waals surface area contributed by atoms with Gasteiger partial charge in [0.15, 0.2) is 0 Å². The van der Waals surface area contributed by atoms with Crippen molar-refractivity contribution in [2.75, 3.05) is 41.3 Å². The van der Waals surface area contributed by atoms with E-state index in [1.165, 1.54) is 51.4 Å². The highest BCUT2D eigenvalue weighted by atomic mass is 32.1. The standard InChI is InChI=1S/C18H38N4S/c1-7-9-11-13-15-21(3,4)17-19-20-18(23-17)22(5,6)16-14-12-10-8-2/h7-16H2,1-6H3/q+2. The highest BCUT2D eigenvalue weighted by Crippen LogP contribution is 2.32. The van der Waals surface area contributed by atoms with Crippen LogP contribution in [0, 0.1) is 0 Å². The van der Waals surface area contributed by atoms with Gasteiger partial charge in [0.1, 0.15) is 0 Å². The zero-order valence-corrected chi connectivity index (χ0v) is 17.1. The predicted molar refractivity (Wildman–Crippen MR) is 105 cm³/mol. The van der Waals surface area contributed by atoms with Gasteiger partial charge < -0.3 is 0 Å². The van der Waals surface area contributed by atoms with Gasteiger partial charge in [0.2, 0.25) is 0 Å². The molecular weight excluding hydrogens is 304 g/mol. The monoisotopic (exact) mass is 342 g/mol. The fraction of sp³-hybridized carbons (Fsp3) is 0.889. The minimum absolute atomic E-state index is 0.858. The second-order valence-electron chi connectivity index (χ2n) is 7.81. The first-order valence-electron chi connectivity index (χ1n) is 9.34. The number of rotatable bonds is 12. The van der Waals surface area contributed by atoms with Crippen LogP contribution in [-0.2, 0) is 0 Å². The van der Waals surface area contributed by atoms with Crippen LogP contribution in [0.5, 0.6) is 0 Å². The number of hydrogen-bond acceptors (Lipinski definition) is 3. The summed E-state index contributed by atoms with van der Waals surface area (Å²) < 4.78 is 1.72. The van der Waals surface area contributed by atoms with Crippen LogP contribution in [0.25, 0.3) is 0 Å². The maximum absolute atomic E-state index is 4.52. The van der Waals surface area contributed by atoms with Gasteiger partial charge in [0, 0.05) is 11.3 Å². The molecule has 0 aromatic carbocycles. The molecule has 0 bridgehead atoms. The van der Waals surface area contributed by atoms with Crippen molar-refractivity contribution < 1.29 is 0 Å². The van der Waals surface area contributed by atoms with Gasteiger partial charge in [-0.3, -0.25) is 8.97 Å². The Labute approximate surface area is 147 Å². The molecule has 0 amide bonds. The van der Waals surface area contributed by atoms with Crippen LogP contribution < -0.4 is 8.97 Å². The van der Waals surface area contributed by atoms with Crippen LogP contribution in [0.1, 0.15) is 65.2 Å². The summed E-state index contributed by atoms with van der Waals surface area (Å²) >= 11 is 1.80. The fourth-order valence-corrected chi connectivity index (χ4v) is 3.76. The Balaban J connectivity index is 2.60. The van der Waals surface area contributed by atoms with Crippen molar-refractivity contribution in [2.24, 2.45) is 0 Å². The lowest BCUT2D eigenvalue weighted by atomic mass is 10.2. The fourth-order valence-electron chi connectivity index (χ4n) is 2.76. The zero-order valence-electron chi connectivity index (χ0n) is 16.3. The molecule has 0 radical (unpaired) electrons. The van der Waals surface area contributed by atoms with Gasteiger partial charge in [-0.25, -0.2) is 0 Å². The Kier molecular flexibility index (Phi) is 8.65. The first kappa shape index (κ1) is 20.5. The molecule has 1 rings (SSSR count). The van der Waals surface area contributed by atoms with Crippen molar-refractivity contribution in [1.29, 1.82) is 0 Å². The summed E-state index contributed by atoms with van der Waals surface area (Å²) in [6, 6.07) is 0. The van der Waals surface area contributed by atoms with E-state index in [-0.39, 0.29) is 0 Å². The minimum atomic E-state index is 0.858. The topological polar surface area (TPSA) is 25.8 Å². The maximum Gasteiger partial charge on any atom is 0.311 e. The van der Waals surface area contributed by atoms with Crippen LogP contribution in [0.2, 0.25) is 0 Å². The summed E-state index contributed by atoms with van der Waals surface area (Å²) in [6.45, 7) is 6.83. The number of hydrogen-bond donors (Lipinski definition) is 0. The van der Waals surface area contributed by atoms with E-state index in [0.717, 1.165) is 32.3 Å². The molecule has 5 heteroatoms. The van der Waals surface area contributed by atoms with Gasteiger partial charge in [-0.05, 0) is 25.7 Å². The van der Waals surface area contributed by atoms with E-state index in [1.54, 1.807) is 11.3 Å². The van der Waals surface area contributed by atoms with E-state index in [4.69, 9.17) is 0 Å². The third-order valence-corrected chi connectivity index (χ3v) is 6.10. The molecule has 1 aromatic heterocycles. The molecule has 0 aliphatic rings. The Morgan fingerprint density at radius 2 is 1.04 bits per heavy atom. The molecule has 134 valence electrons. The van der Waals surface area contributed by atoms with Crippen molar-refractivity contribution in [1.82, 2.24) is 19.2 Å². The van der Waals surface area contributed by atoms with E-state index in [9.17, 15) is 0 Å². The molecule has 0 atom stereocenters. The third kappa shape index (κ3) is 6.86. The van der Waals surface area contributed by atoms with Crippen LogP contribution >= 0.6 is 11.3 Å². The Hall–Kier alpha value is -0.520. The van der Waals surface area contributed by atoms with Crippen molar-refractivity contribution in [3.63, 3.8) is 0 Å². The Morgan fingerprint density at radius 3 is 1.39 bits per heavy atom. The number of aromatic nitrogens is 2. The van der Waals surface area contributed by atoms with Crippen LogP contribution in [0.4, 0.5) is 10.3 Å². The quantitative estimate of drug-likeness (QED) is 0.401. The number of nitrogens with zero attached hydrogens (tertiary/aromatic N) is 4. The van der Waals surface area contributed by atoms with Crippen molar-refractivity contribution in [3.05, 3.63) is 0 Å². The van der Waals surface area contributed by atoms with Gasteiger partial charge in [-0.1, -0.05) is 49.7 Å². The minimum Gasteiger partial charge on any atom is -0.269 e. The largest absolute Gasteiger partial charge is 0.311 e. The van der Waals surface area contributed by atoms with Gasteiger partial charge in [-0.15, -0.1) is 0 Å². The van der Waals surface area contributed by atoms with Crippen LogP contribution in [0.3, 0.4) is 0 Å². The first-order chi connectivity index (χ1) is 10.8. The van der Waals surface area contributed by atoms with Crippen LogP contribution in [-0.4, -0.2) is 51.5 Å². The van der Waals surface area contributed by atoms with Crippen LogP contribution in [0.15, 0.2) is 0 Å². The van der Waals surface area contributed by atoms with E-state index in [2.05, 4.69) is 52.2 Å². The summed E-state index contributed by atoms with van der Waals surface area (Å²) in [7, 11) is 9.05. The molecule has 0 unspecified atom stereocenters. The molecule has 0 aliphatic carbocycles. The number of quaternary nitrogens is 2. The first-order valence-corrected chi connectivity index (χ1v) is 10.2. The molecule has 23 heavy (non-hydrogen) atoms. The molecule has 0 aliphatic heterocycles. The summed E-state index contributed by atoms with van der Waals surface area (Å²) in [5.41, 5.74) is 0. The molecule has 0 saturated heterocycles. The van der Waals surface area contributed by atoms with Crippen molar-refractivity contribution in [2.45, 2.75) is 65.2 Å². The molecule has 0 spiro atoms. The average molecular weight is 343 g/mol. The highest BCUT2D eigenvalue weighted by molar-refractivity contribution is 7.18. The predicted octanol–water partition coefficient (Wildman–Crippen LogP) is 4.83. The van der Waals surface area contributed by atoms with Gasteiger partial charge in [0.05, 0.1) is 41.3 Å². The summed E-state index contributed by atoms with van der Waals surface area (Å²) in [5.74, 6) is 0. The van der Waals surface area contributed by atoms with Crippen molar-refractivity contribution in [3.8, 4) is 0 Å². The number of unbranched alkanes of at least 4 members (excludes halogenated alkanes) is 6. The SMILES string of the molecule is CCCCCC[N+](C)(C)c1nnc([N+](C)(C)CCCCCC)s1. The Morgan fingerprint density at radius 1 is 0.652 bits per heavy atom. The smallest absolute Gasteiger partial charge is 0.269 e.